The van der Waals surface area contributed by atoms with Gasteiger partial charge in [0.05, 0.1) is 23.3 Å². The molecule has 1 aromatic carbocycles. The molecule has 0 fully saturated rings. The summed E-state index contributed by atoms with van der Waals surface area (Å²) in [6.45, 7) is 2.33. The molecular formula is C15H17N5OS. The fourth-order valence-corrected chi connectivity index (χ4v) is 2.90. The van der Waals surface area contributed by atoms with E-state index < -0.39 is 0 Å². The number of nitrogens with one attached hydrogen (secondary N) is 1. The van der Waals surface area contributed by atoms with Crippen LogP contribution in [0.4, 0.5) is 9.93 Å². The fourth-order valence-electron chi connectivity index (χ4n) is 2.22. The zero-order chi connectivity index (χ0) is 15.7. The van der Waals surface area contributed by atoms with Gasteiger partial charge in [-0.2, -0.15) is 0 Å². The number of hydrogen-bond acceptors (Lipinski definition) is 4. The summed E-state index contributed by atoms with van der Waals surface area (Å²) in [7, 11) is 3.70. The first-order valence-electron chi connectivity index (χ1n) is 6.89. The number of benzene rings is 1. The largest absolute Gasteiger partial charge is 0.330 e. The number of aromatic nitrogens is 3. The normalized spacial score (nSPS) is 10.9. The quantitative estimate of drug-likeness (QED) is 0.808. The molecule has 0 saturated carbocycles. The minimum absolute atomic E-state index is 0.193. The number of hydrogen-bond donors (Lipinski definition) is 1. The maximum absolute atomic E-state index is 12.2. The Morgan fingerprint density at radius 2 is 2.14 bits per heavy atom. The smallest absolute Gasteiger partial charge is 0.323 e. The molecule has 0 bridgehead atoms. The molecule has 0 saturated heterocycles. The van der Waals surface area contributed by atoms with Gasteiger partial charge >= 0.3 is 6.03 Å². The fraction of sp³-hybridized carbons (Fsp3) is 0.267. The number of carbonyl (C=O) groups is 1. The van der Waals surface area contributed by atoms with E-state index in [2.05, 4.69) is 15.3 Å². The van der Waals surface area contributed by atoms with Gasteiger partial charge in [-0.3, -0.25) is 5.32 Å². The van der Waals surface area contributed by atoms with E-state index in [1.165, 1.54) is 11.3 Å². The Morgan fingerprint density at radius 3 is 2.82 bits per heavy atom. The Kier molecular flexibility index (Phi) is 3.81. The second kappa shape index (κ2) is 5.76. The van der Waals surface area contributed by atoms with Crippen LogP contribution in [0, 0.1) is 6.92 Å². The molecule has 0 aliphatic carbocycles. The van der Waals surface area contributed by atoms with Crippen molar-refractivity contribution in [3.8, 4) is 0 Å². The zero-order valence-corrected chi connectivity index (χ0v) is 13.5. The predicted molar refractivity (Wildman–Crippen MR) is 88.1 cm³/mol. The SMILES string of the molecule is Cc1csc(NC(=O)N(C)Cc2nc3ccccc3n2C)n1. The molecular weight excluding hydrogens is 298 g/mol. The molecule has 1 N–H and O–H groups in total. The maximum atomic E-state index is 12.2. The van der Waals surface area contributed by atoms with E-state index in [0.29, 0.717) is 11.7 Å². The number of thiazole rings is 1. The predicted octanol–water partition coefficient (Wildman–Crippen LogP) is 3.00. The number of urea groups is 1. The molecule has 22 heavy (non-hydrogen) atoms. The van der Waals surface area contributed by atoms with Crippen LogP contribution in [-0.4, -0.2) is 32.5 Å². The lowest BCUT2D eigenvalue weighted by Crippen LogP contribution is -2.31. The van der Waals surface area contributed by atoms with Crippen LogP contribution < -0.4 is 5.32 Å². The monoisotopic (exact) mass is 315 g/mol. The van der Waals surface area contributed by atoms with Crippen molar-refractivity contribution >= 4 is 33.5 Å². The Labute approximate surface area is 132 Å². The van der Waals surface area contributed by atoms with Gasteiger partial charge in [0.2, 0.25) is 0 Å². The molecule has 3 aromatic rings. The maximum Gasteiger partial charge on any atom is 0.323 e. The van der Waals surface area contributed by atoms with Crippen molar-refractivity contribution in [2.45, 2.75) is 13.5 Å². The van der Waals surface area contributed by atoms with E-state index in [1.54, 1.807) is 11.9 Å². The summed E-state index contributed by atoms with van der Waals surface area (Å²) in [6, 6.07) is 7.73. The number of amides is 2. The lowest BCUT2D eigenvalue weighted by atomic mass is 10.3. The minimum atomic E-state index is -0.193. The lowest BCUT2D eigenvalue weighted by Gasteiger charge is -2.16. The number of fused-ring (bicyclic) bond motifs is 1. The van der Waals surface area contributed by atoms with E-state index >= 15 is 0 Å². The molecule has 2 heterocycles. The number of imidazole rings is 1. The lowest BCUT2D eigenvalue weighted by molar-refractivity contribution is 0.219. The molecule has 6 nitrogen and oxygen atoms in total. The van der Waals surface area contributed by atoms with Crippen molar-refractivity contribution in [1.29, 1.82) is 0 Å². The Hall–Kier alpha value is -2.41. The molecule has 0 atom stereocenters. The van der Waals surface area contributed by atoms with E-state index in [0.717, 1.165) is 22.6 Å². The topological polar surface area (TPSA) is 63.1 Å². The molecule has 0 aliphatic heterocycles. The van der Waals surface area contributed by atoms with Gasteiger partial charge in [-0.15, -0.1) is 11.3 Å². The first kappa shape index (κ1) is 14.5. The number of aryl methyl sites for hydroxylation is 2. The van der Waals surface area contributed by atoms with Crippen molar-refractivity contribution in [2.75, 3.05) is 12.4 Å². The van der Waals surface area contributed by atoms with Crippen molar-refractivity contribution in [3.63, 3.8) is 0 Å². The average Bonchev–Trinajstić information content (AvgIpc) is 3.04. The molecule has 7 heteroatoms. The summed E-state index contributed by atoms with van der Waals surface area (Å²) >= 11 is 1.42. The van der Waals surface area contributed by atoms with Crippen molar-refractivity contribution < 1.29 is 4.79 Å². The molecule has 2 aromatic heterocycles. The van der Waals surface area contributed by atoms with Gasteiger partial charge in [0.15, 0.2) is 5.13 Å². The highest BCUT2D eigenvalue weighted by molar-refractivity contribution is 7.13. The molecule has 0 aliphatic rings. The molecule has 0 spiro atoms. The second-order valence-corrected chi connectivity index (χ2v) is 6.01. The van der Waals surface area contributed by atoms with Crippen LogP contribution in [0.2, 0.25) is 0 Å². The van der Waals surface area contributed by atoms with Crippen LogP contribution in [0.3, 0.4) is 0 Å². The summed E-state index contributed by atoms with van der Waals surface area (Å²) in [4.78, 5) is 22.6. The molecule has 114 valence electrons. The highest BCUT2D eigenvalue weighted by Crippen LogP contribution is 2.17. The molecule has 0 radical (unpaired) electrons. The average molecular weight is 315 g/mol. The van der Waals surface area contributed by atoms with Crippen molar-refractivity contribution in [2.24, 2.45) is 7.05 Å². The van der Waals surface area contributed by atoms with Crippen molar-refractivity contribution in [1.82, 2.24) is 19.4 Å². The number of nitrogens with zero attached hydrogens (tertiary/aromatic N) is 4. The van der Waals surface area contributed by atoms with Gasteiger partial charge in [0.1, 0.15) is 5.82 Å². The number of rotatable bonds is 3. The molecule has 0 unspecified atom stereocenters. The van der Waals surface area contributed by atoms with Crippen LogP contribution in [0.1, 0.15) is 11.5 Å². The van der Waals surface area contributed by atoms with Gasteiger partial charge in [0, 0.05) is 19.5 Å². The first-order chi connectivity index (χ1) is 10.5. The third kappa shape index (κ3) is 2.80. The number of carbonyl (C=O) groups excluding carboxylic acids is 1. The van der Waals surface area contributed by atoms with Gasteiger partial charge < -0.3 is 9.47 Å². The van der Waals surface area contributed by atoms with Crippen LogP contribution in [0.25, 0.3) is 11.0 Å². The van der Waals surface area contributed by atoms with E-state index in [-0.39, 0.29) is 6.03 Å². The highest BCUT2D eigenvalue weighted by atomic mass is 32.1. The number of para-hydroxylation sites is 2. The standard InChI is InChI=1S/C15H17N5OS/c1-10-9-22-14(16-10)18-15(21)19(2)8-13-17-11-6-4-5-7-12(11)20(13)3/h4-7,9H,8H2,1-3H3,(H,16,18,21). The number of anilines is 1. The van der Waals surface area contributed by atoms with Crippen LogP contribution in [0.15, 0.2) is 29.6 Å². The minimum Gasteiger partial charge on any atom is -0.330 e. The Balaban J connectivity index is 1.73. The van der Waals surface area contributed by atoms with Crippen LogP contribution >= 0.6 is 11.3 Å². The third-order valence-corrected chi connectivity index (χ3v) is 4.31. The second-order valence-electron chi connectivity index (χ2n) is 5.16. The Bertz CT molecular complexity index is 822. The van der Waals surface area contributed by atoms with Gasteiger partial charge in [-0.05, 0) is 19.1 Å². The summed E-state index contributed by atoms with van der Waals surface area (Å²) < 4.78 is 2.01. The summed E-state index contributed by atoms with van der Waals surface area (Å²) in [6.07, 6.45) is 0. The zero-order valence-electron chi connectivity index (χ0n) is 12.7. The summed E-state index contributed by atoms with van der Waals surface area (Å²) in [5.74, 6) is 0.842. The van der Waals surface area contributed by atoms with Gasteiger partial charge in [-0.1, -0.05) is 12.1 Å². The summed E-state index contributed by atoms with van der Waals surface area (Å²) in [5, 5.41) is 5.31. The third-order valence-electron chi connectivity index (χ3n) is 3.44. The highest BCUT2D eigenvalue weighted by Gasteiger charge is 2.15. The van der Waals surface area contributed by atoms with Crippen LogP contribution in [-0.2, 0) is 13.6 Å². The van der Waals surface area contributed by atoms with Gasteiger partial charge in [-0.25, -0.2) is 14.8 Å². The van der Waals surface area contributed by atoms with Crippen LogP contribution in [0.5, 0.6) is 0 Å². The molecule has 3 rings (SSSR count). The van der Waals surface area contributed by atoms with E-state index in [4.69, 9.17) is 0 Å². The Morgan fingerprint density at radius 1 is 1.36 bits per heavy atom. The van der Waals surface area contributed by atoms with Gasteiger partial charge in [0.25, 0.3) is 0 Å². The first-order valence-corrected chi connectivity index (χ1v) is 7.77. The summed E-state index contributed by atoms with van der Waals surface area (Å²) in [5.41, 5.74) is 2.89. The van der Waals surface area contributed by atoms with E-state index in [1.807, 2.05) is 48.2 Å². The van der Waals surface area contributed by atoms with E-state index in [9.17, 15) is 4.79 Å². The molecule has 2 amide bonds. The van der Waals surface area contributed by atoms with Crippen molar-refractivity contribution in [3.05, 3.63) is 41.2 Å².